The molecule has 0 aromatic rings. The van der Waals surface area contributed by atoms with Crippen LogP contribution in [0.1, 0.15) is 39.5 Å². The van der Waals surface area contributed by atoms with Crippen molar-refractivity contribution in [3.63, 3.8) is 0 Å². The van der Waals surface area contributed by atoms with Crippen LogP contribution in [0.5, 0.6) is 0 Å². The molecule has 2 unspecified atom stereocenters. The minimum Gasteiger partial charge on any atom is -0.355 e. The van der Waals surface area contributed by atoms with Crippen molar-refractivity contribution in [1.82, 2.24) is 10.6 Å². The SMILES string of the molecule is CCCCCNC(=O)C(C)NCCCS(C)=O. The van der Waals surface area contributed by atoms with Gasteiger partial charge in [-0.1, -0.05) is 19.8 Å². The predicted octanol–water partition coefficient (Wildman–Crippen LogP) is 1.04. The summed E-state index contributed by atoms with van der Waals surface area (Å²) in [6.07, 6.45) is 5.91. The van der Waals surface area contributed by atoms with Gasteiger partial charge in [-0.05, 0) is 26.3 Å². The summed E-state index contributed by atoms with van der Waals surface area (Å²) >= 11 is 0. The largest absolute Gasteiger partial charge is 0.355 e. The van der Waals surface area contributed by atoms with E-state index in [1.54, 1.807) is 6.26 Å². The molecule has 0 radical (unpaired) electrons. The van der Waals surface area contributed by atoms with Gasteiger partial charge in [-0.2, -0.15) is 0 Å². The summed E-state index contributed by atoms with van der Waals surface area (Å²) < 4.78 is 10.8. The highest BCUT2D eigenvalue weighted by molar-refractivity contribution is 7.84. The van der Waals surface area contributed by atoms with Crippen LogP contribution in [-0.2, 0) is 15.6 Å². The van der Waals surface area contributed by atoms with E-state index in [1.165, 1.54) is 0 Å². The topological polar surface area (TPSA) is 58.2 Å². The monoisotopic (exact) mass is 262 g/mol. The molecule has 0 aromatic carbocycles. The molecule has 0 aliphatic rings. The Bertz CT molecular complexity index is 235. The Balaban J connectivity index is 3.50. The van der Waals surface area contributed by atoms with Crippen LogP contribution < -0.4 is 10.6 Å². The molecule has 0 bridgehead atoms. The minimum absolute atomic E-state index is 0.0544. The number of nitrogens with one attached hydrogen (secondary N) is 2. The van der Waals surface area contributed by atoms with Gasteiger partial charge in [-0.15, -0.1) is 0 Å². The van der Waals surface area contributed by atoms with Gasteiger partial charge in [0.2, 0.25) is 5.91 Å². The van der Waals surface area contributed by atoms with Crippen LogP contribution in [0.2, 0.25) is 0 Å². The summed E-state index contributed by atoms with van der Waals surface area (Å²) in [4.78, 5) is 11.6. The number of amides is 1. The van der Waals surface area contributed by atoms with Crippen LogP contribution in [0.25, 0.3) is 0 Å². The van der Waals surface area contributed by atoms with Crippen molar-refractivity contribution in [2.45, 2.75) is 45.6 Å². The standard InChI is InChI=1S/C12H26N2O2S/c1-4-5-6-8-14-12(15)11(2)13-9-7-10-17(3)16/h11,13H,4-10H2,1-3H3,(H,14,15). The Hall–Kier alpha value is -0.420. The van der Waals surface area contributed by atoms with E-state index in [4.69, 9.17) is 0 Å². The Morgan fingerprint density at radius 2 is 1.94 bits per heavy atom. The van der Waals surface area contributed by atoms with Gasteiger partial charge in [0.1, 0.15) is 0 Å². The molecule has 0 rings (SSSR count). The molecule has 0 saturated heterocycles. The molecule has 4 nitrogen and oxygen atoms in total. The second kappa shape index (κ2) is 10.7. The maximum Gasteiger partial charge on any atom is 0.236 e. The summed E-state index contributed by atoms with van der Waals surface area (Å²) in [7, 11) is -0.739. The Kier molecular flexibility index (Phi) is 10.5. The van der Waals surface area contributed by atoms with Gasteiger partial charge in [0.25, 0.3) is 0 Å². The van der Waals surface area contributed by atoms with Crippen molar-refractivity contribution in [2.24, 2.45) is 0 Å². The molecule has 0 aliphatic carbocycles. The van der Waals surface area contributed by atoms with Crippen molar-refractivity contribution in [3.8, 4) is 0 Å². The first-order chi connectivity index (χ1) is 8.07. The summed E-state index contributed by atoms with van der Waals surface area (Å²) in [6.45, 7) is 5.50. The van der Waals surface area contributed by atoms with Crippen LogP contribution in [0.15, 0.2) is 0 Å². The van der Waals surface area contributed by atoms with Crippen molar-refractivity contribution >= 4 is 16.7 Å². The van der Waals surface area contributed by atoms with Gasteiger partial charge < -0.3 is 10.6 Å². The van der Waals surface area contributed by atoms with E-state index >= 15 is 0 Å². The van der Waals surface area contributed by atoms with Gasteiger partial charge >= 0.3 is 0 Å². The van der Waals surface area contributed by atoms with Gasteiger partial charge in [0.15, 0.2) is 0 Å². The molecule has 17 heavy (non-hydrogen) atoms. The Labute approximate surface area is 107 Å². The third-order valence-electron chi connectivity index (χ3n) is 2.53. The molecule has 1 amide bonds. The summed E-state index contributed by atoms with van der Waals surface area (Å²) in [5.41, 5.74) is 0. The molecule has 0 spiro atoms. The maximum atomic E-state index is 11.6. The highest BCUT2D eigenvalue weighted by atomic mass is 32.2. The summed E-state index contributed by atoms with van der Waals surface area (Å²) in [5.74, 6) is 0.747. The van der Waals surface area contributed by atoms with Gasteiger partial charge in [0, 0.05) is 29.4 Å². The second-order valence-corrected chi connectivity index (χ2v) is 5.86. The molecule has 0 fully saturated rings. The average Bonchev–Trinajstić information content (AvgIpc) is 2.29. The van der Waals surface area contributed by atoms with Gasteiger partial charge in [-0.25, -0.2) is 0 Å². The van der Waals surface area contributed by atoms with E-state index in [1.807, 2.05) is 6.92 Å². The average molecular weight is 262 g/mol. The number of carbonyl (C=O) groups is 1. The molecule has 2 atom stereocenters. The van der Waals surface area contributed by atoms with Crippen LogP contribution in [-0.4, -0.2) is 41.3 Å². The second-order valence-electron chi connectivity index (χ2n) is 4.30. The normalized spacial score (nSPS) is 14.3. The molecule has 0 aromatic heterocycles. The van der Waals surface area contributed by atoms with Crippen LogP contribution >= 0.6 is 0 Å². The number of hydrogen-bond acceptors (Lipinski definition) is 3. The number of unbranched alkanes of at least 4 members (excludes halogenated alkanes) is 2. The first-order valence-electron chi connectivity index (χ1n) is 6.39. The first kappa shape index (κ1) is 16.6. The van der Waals surface area contributed by atoms with Crippen LogP contribution in [0.4, 0.5) is 0 Å². The molecular weight excluding hydrogens is 236 g/mol. The third kappa shape index (κ3) is 10.5. The fourth-order valence-corrected chi connectivity index (χ4v) is 1.98. The lowest BCUT2D eigenvalue weighted by molar-refractivity contribution is -0.122. The van der Waals surface area contributed by atoms with Crippen LogP contribution in [0, 0.1) is 0 Å². The van der Waals surface area contributed by atoms with E-state index < -0.39 is 10.8 Å². The molecule has 0 heterocycles. The van der Waals surface area contributed by atoms with Crippen molar-refractivity contribution in [3.05, 3.63) is 0 Å². The number of rotatable bonds is 10. The molecule has 0 saturated carbocycles. The van der Waals surface area contributed by atoms with E-state index in [0.717, 1.165) is 38.8 Å². The van der Waals surface area contributed by atoms with E-state index in [9.17, 15) is 9.00 Å². The Morgan fingerprint density at radius 1 is 1.24 bits per heavy atom. The molecule has 2 N–H and O–H groups in total. The fraction of sp³-hybridized carbons (Fsp3) is 0.917. The van der Waals surface area contributed by atoms with E-state index in [0.29, 0.717) is 5.75 Å². The lowest BCUT2D eigenvalue weighted by atomic mass is 10.2. The maximum absolute atomic E-state index is 11.6. The predicted molar refractivity (Wildman–Crippen MR) is 73.5 cm³/mol. The molecule has 0 aliphatic heterocycles. The van der Waals surface area contributed by atoms with Gasteiger partial charge in [0.05, 0.1) is 6.04 Å². The highest BCUT2D eigenvalue weighted by Crippen LogP contribution is 1.92. The number of carbonyl (C=O) groups excluding carboxylic acids is 1. The third-order valence-corrected chi connectivity index (χ3v) is 3.40. The van der Waals surface area contributed by atoms with E-state index in [-0.39, 0.29) is 11.9 Å². The molecule has 102 valence electrons. The summed E-state index contributed by atoms with van der Waals surface area (Å²) in [5, 5.41) is 6.04. The first-order valence-corrected chi connectivity index (χ1v) is 8.11. The summed E-state index contributed by atoms with van der Waals surface area (Å²) in [6, 6.07) is -0.165. The smallest absolute Gasteiger partial charge is 0.236 e. The van der Waals surface area contributed by atoms with Crippen LogP contribution in [0.3, 0.4) is 0 Å². The lowest BCUT2D eigenvalue weighted by Crippen LogP contribution is -2.43. The zero-order chi connectivity index (χ0) is 13.1. The Morgan fingerprint density at radius 3 is 2.53 bits per heavy atom. The van der Waals surface area contributed by atoms with Crippen molar-refractivity contribution in [2.75, 3.05) is 25.1 Å². The molecule has 5 heteroatoms. The fourth-order valence-electron chi connectivity index (χ4n) is 1.43. The zero-order valence-electron chi connectivity index (χ0n) is 11.3. The van der Waals surface area contributed by atoms with Crippen molar-refractivity contribution < 1.29 is 9.00 Å². The molecular formula is C12H26N2O2S. The minimum atomic E-state index is -0.739. The lowest BCUT2D eigenvalue weighted by Gasteiger charge is -2.13. The van der Waals surface area contributed by atoms with Crippen molar-refractivity contribution in [1.29, 1.82) is 0 Å². The number of hydrogen-bond donors (Lipinski definition) is 2. The zero-order valence-corrected chi connectivity index (χ0v) is 12.1. The van der Waals surface area contributed by atoms with Gasteiger partial charge in [-0.3, -0.25) is 9.00 Å². The quantitative estimate of drug-likeness (QED) is 0.578. The highest BCUT2D eigenvalue weighted by Gasteiger charge is 2.10. The van der Waals surface area contributed by atoms with E-state index in [2.05, 4.69) is 17.6 Å².